The second kappa shape index (κ2) is 9.05. The number of nitrogens with zero attached hydrogens (tertiary/aromatic N) is 2. The minimum Gasteiger partial charge on any atom is -0.458 e. The number of ether oxygens (including phenoxy) is 1. The van der Waals surface area contributed by atoms with E-state index in [9.17, 15) is 0 Å². The molecule has 1 aromatic heterocycles. The fraction of sp³-hybridized carbons (Fsp3) is 0.194. The van der Waals surface area contributed by atoms with E-state index in [4.69, 9.17) is 15.5 Å². The topological polar surface area (TPSA) is 53.1 Å². The Morgan fingerprint density at radius 3 is 2.23 bits per heavy atom. The van der Waals surface area contributed by atoms with E-state index < -0.39 is 0 Å². The molecule has 3 aromatic carbocycles. The van der Waals surface area contributed by atoms with Crippen molar-refractivity contribution in [3.05, 3.63) is 114 Å². The third-order valence-electron chi connectivity index (χ3n) is 7.09. The number of allylic oxidation sites excluding steroid dienone is 2. The SMILES string of the molecule is NC1(c2ccc(-c3nc4n(c3-c3ccccc3)C=CC(Oc3ccccc3)=CCC4)cc2)CCC1. The number of imidazole rings is 1. The first-order chi connectivity index (χ1) is 17.2. The third kappa shape index (κ3) is 4.22. The van der Waals surface area contributed by atoms with E-state index in [1.807, 2.05) is 42.5 Å². The second-order valence-corrected chi connectivity index (χ2v) is 9.42. The molecule has 4 nitrogen and oxygen atoms in total. The Balaban J connectivity index is 1.40. The van der Waals surface area contributed by atoms with Crippen LogP contribution < -0.4 is 10.5 Å². The lowest BCUT2D eigenvalue weighted by Crippen LogP contribution is -2.43. The van der Waals surface area contributed by atoms with Crippen LogP contribution >= 0.6 is 0 Å². The summed E-state index contributed by atoms with van der Waals surface area (Å²) in [7, 11) is 0. The summed E-state index contributed by atoms with van der Waals surface area (Å²) in [5.41, 5.74) is 12.0. The zero-order valence-corrected chi connectivity index (χ0v) is 19.7. The monoisotopic (exact) mass is 459 g/mol. The first kappa shape index (κ1) is 21.6. The molecule has 2 heterocycles. The summed E-state index contributed by atoms with van der Waals surface area (Å²) in [4.78, 5) is 5.14. The van der Waals surface area contributed by atoms with Crippen molar-refractivity contribution < 1.29 is 4.74 Å². The van der Waals surface area contributed by atoms with Crippen LogP contribution in [0.1, 0.15) is 37.1 Å². The molecule has 0 saturated heterocycles. The Bertz CT molecular complexity index is 1380. The molecule has 1 aliphatic heterocycles. The summed E-state index contributed by atoms with van der Waals surface area (Å²) in [6.45, 7) is 0. The number of aromatic nitrogens is 2. The molecule has 0 bridgehead atoms. The Labute approximate surface area is 206 Å². The number of benzene rings is 3. The van der Waals surface area contributed by atoms with Gasteiger partial charge in [-0.2, -0.15) is 0 Å². The minimum atomic E-state index is -0.159. The minimum absolute atomic E-state index is 0.159. The van der Waals surface area contributed by atoms with Gasteiger partial charge >= 0.3 is 0 Å². The van der Waals surface area contributed by atoms with E-state index in [-0.39, 0.29) is 5.54 Å². The molecule has 0 unspecified atom stereocenters. The van der Waals surface area contributed by atoms with Crippen LogP contribution in [-0.4, -0.2) is 9.55 Å². The number of para-hydroxylation sites is 1. The highest BCUT2D eigenvalue weighted by Crippen LogP contribution is 2.40. The number of hydrogen-bond acceptors (Lipinski definition) is 3. The highest BCUT2D eigenvalue weighted by Gasteiger charge is 2.34. The summed E-state index contributed by atoms with van der Waals surface area (Å²) < 4.78 is 8.35. The number of nitrogens with two attached hydrogens (primary N) is 1. The summed E-state index contributed by atoms with van der Waals surface area (Å²) in [5.74, 6) is 2.72. The number of fused-ring (bicyclic) bond motifs is 1. The van der Waals surface area contributed by atoms with Crippen LogP contribution in [0.25, 0.3) is 28.7 Å². The van der Waals surface area contributed by atoms with E-state index >= 15 is 0 Å². The van der Waals surface area contributed by atoms with E-state index in [2.05, 4.69) is 65.4 Å². The lowest BCUT2D eigenvalue weighted by molar-refractivity contribution is 0.253. The molecule has 0 radical (unpaired) electrons. The number of rotatable bonds is 5. The molecule has 0 atom stereocenters. The number of aryl methyl sites for hydroxylation is 1. The van der Waals surface area contributed by atoms with Crippen molar-refractivity contribution in [3.63, 3.8) is 0 Å². The maximum atomic E-state index is 6.57. The van der Waals surface area contributed by atoms with E-state index in [0.717, 1.165) is 65.5 Å². The zero-order chi connectivity index (χ0) is 23.7. The maximum Gasteiger partial charge on any atom is 0.127 e. The van der Waals surface area contributed by atoms with Gasteiger partial charge in [0.15, 0.2) is 0 Å². The highest BCUT2D eigenvalue weighted by molar-refractivity contribution is 5.81. The molecule has 6 rings (SSSR count). The molecule has 0 amide bonds. The van der Waals surface area contributed by atoms with Gasteiger partial charge in [-0.25, -0.2) is 4.98 Å². The van der Waals surface area contributed by atoms with Crippen molar-refractivity contribution >= 4 is 6.20 Å². The fourth-order valence-corrected chi connectivity index (χ4v) is 4.96. The van der Waals surface area contributed by atoms with Gasteiger partial charge in [0, 0.05) is 29.3 Å². The predicted molar refractivity (Wildman–Crippen MR) is 142 cm³/mol. The van der Waals surface area contributed by atoms with Gasteiger partial charge in [-0.05, 0) is 55.5 Å². The summed E-state index contributed by atoms with van der Waals surface area (Å²) in [6.07, 6.45) is 11.3. The summed E-state index contributed by atoms with van der Waals surface area (Å²) in [6, 6.07) is 29.1. The molecule has 2 aliphatic rings. The van der Waals surface area contributed by atoms with Crippen molar-refractivity contribution in [2.75, 3.05) is 0 Å². The fourth-order valence-electron chi connectivity index (χ4n) is 4.96. The first-order valence-corrected chi connectivity index (χ1v) is 12.4. The lowest BCUT2D eigenvalue weighted by atomic mass is 9.72. The van der Waals surface area contributed by atoms with Crippen molar-refractivity contribution in [1.29, 1.82) is 0 Å². The van der Waals surface area contributed by atoms with Crippen LogP contribution in [-0.2, 0) is 12.0 Å². The van der Waals surface area contributed by atoms with E-state index in [1.165, 1.54) is 12.0 Å². The van der Waals surface area contributed by atoms with Gasteiger partial charge in [0.2, 0.25) is 0 Å². The molecule has 35 heavy (non-hydrogen) atoms. The molecule has 174 valence electrons. The molecule has 4 aromatic rings. The number of hydrogen-bond donors (Lipinski definition) is 1. The van der Waals surface area contributed by atoms with Crippen LogP contribution in [0.4, 0.5) is 0 Å². The zero-order valence-electron chi connectivity index (χ0n) is 19.7. The third-order valence-corrected chi connectivity index (χ3v) is 7.09. The van der Waals surface area contributed by atoms with Gasteiger partial charge in [-0.15, -0.1) is 0 Å². The maximum absolute atomic E-state index is 6.57. The molecule has 4 heteroatoms. The normalized spacial score (nSPS) is 16.4. The first-order valence-electron chi connectivity index (χ1n) is 12.4. The van der Waals surface area contributed by atoms with Crippen molar-refractivity contribution in [1.82, 2.24) is 9.55 Å². The molecule has 1 saturated carbocycles. The smallest absolute Gasteiger partial charge is 0.127 e. The molecular weight excluding hydrogens is 430 g/mol. The highest BCUT2D eigenvalue weighted by atomic mass is 16.5. The molecule has 1 aliphatic carbocycles. The average Bonchev–Trinajstić information content (AvgIpc) is 3.23. The summed E-state index contributed by atoms with van der Waals surface area (Å²) in [5, 5.41) is 0. The van der Waals surface area contributed by atoms with Crippen LogP contribution in [0.2, 0.25) is 0 Å². The van der Waals surface area contributed by atoms with Crippen molar-refractivity contribution in [2.24, 2.45) is 5.73 Å². The predicted octanol–water partition coefficient (Wildman–Crippen LogP) is 6.93. The Morgan fingerprint density at radius 1 is 0.829 bits per heavy atom. The molecule has 1 fully saturated rings. The van der Waals surface area contributed by atoms with Crippen LogP contribution in [0.5, 0.6) is 5.75 Å². The van der Waals surface area contributed by atoms with Crippen molar-refractivity contribution in [2.45, 2.75) is 37.6 Å². The Hall–Kier alpha value is -3.89. The van der Waals surface area contributed by atoms with E-state index in [0.29, 0.717) is 0 Å². The van der Waals surface area contributed by atoms with Crippen molar-refractivity contribution in [3.8, 4) is 28.3 Å². The van der Waals surface area contributed by atoms with Crippen LogP contribution in [0, 0.1) is 0 Å². The van der Waals surface area contributed by atoms with Gasteiger partial charge in [0.25, 0.3) is 0 Å². The Morgan fingerprint density at radius 2 is 1.54 bits per heavy atom. The second-order valence-electron chi connectivity index (χ2n) is 9.42. The standard InChI is InChI=1S/C31H29N3O/c32-31(20-8-21-31)25-17-15-23(16-18-25)29-30(24-9-3-1-4-10-24)34-22-19-27(13-7-14-28(34)33-29)35-26-11-5-2-6-12-26/h1-6,9-13,15-19,22H,7-8,14,20-21,32H2. The Kier molecular flexibility index (Phi) is 5.59. The van der Waals surface area contributed by atoms with Gasteiger partial charge < -0.3 is 15.0 Å². The van der Waals surface area contributed by atoms with E-state index in [1.54, 1.807) is 0 Å². The molecular formula is C31H29N3O. The van der Waals surface area contributed by atoms with Gasteiger partial charge in [0.1, 0.15) is 17.3 Å². The largest absolute Gasteiger partial charge is 0.458 e. The van der Waals surface area contributed by atoms with Crippen LogP contribution in [0.15, 0.2) is 103 Å². The van der Waals surface area contributed by atoms with Crippen LogP contribution in [0.3, 0.4) is 0 Å². The average molecular weight is 460 g/mol. The van der Waals surface area contributed by atoms with Gasteiger partial charge in [0.05, 0.1) is 11.4 Å². The quantitative estimate of drug-likeness (QED) is 0.352. The molecule has 0 spiro atoms. The van der Waals surface area contributed by atoms with Gasteiger partial charge in [-0.3, -0.25) is 0 Å². The summed E-state index contributed by atoms with van der Waals surface area (Å²) >= 11 is 0. The molecule has 2 N–H and O–H groups in total. The lowest BCUT2D eigenvalue weighted by Gasteiger charge is -2.38. The van der Waals surface area contributed by atoms with Gasteiger partial charge in [-0.1, -0.05) is 72.8 Å².